The molecule has 0 aliphatic carbocycles. The summed E-state index contributed by atoms with van der Waals surface area (Å²) in [6.07, 6.45) is 4.53. The fourth-order valence-corrected chi connectivity index (χ4v) is 1.29. The van der Waals surface area contributed by atoms with Crippen molar-refractivity contribution in [2.45, 2.75) is 66.2 Å². The van der Waals surface area contributed by atoms with Gasteiger partial charge in [0.2, 0.25) is 0 Å². The highest BCUT2D eigenvalue weighted by atomic mass is 17.2. The molecule has 17 heavy (non-hydrogen) atoms. The number of carbonyl (C=O) groups excluding carboxylic acids is 2. The second-order valence-corrected chi connectivity index (χ2v) is 5.39. The van der Waals surface area contributed by atoms with E-state index in [1.807, 2.05) is 0 Å². The lowest BCUT2D eigenvalue weighted by atomic mass is 9.89. The van der Waals surface area contributed by atoms with Gasteiger partial charge in [0, 0.05) is 6.42 Å². The Balaban J connectivity index is 3.43. The van der Waals surface area contributed by atoms with Gasteiger partial charge in [0.15, 0.2) is 0 Å². The number of hydrogen-bond donors (Lipinski definition) is 0. The topological polar surface area (TPSA) is 52.6 Å². The van der Waals surface area contributed by atoms with E-state index in [1.165, 1.54) is 0 Å². The predicted molar refractivity (Wildman–Crippen MR) is 65.0 cm³/mol. The van der Waals surface area contributed by atoms with Crippen LogP contribution in [-0.4, -0.2) is 11.9 Å². The van der Waals surface area contributed by atoms with Gasteiger partial charge in [0.05, 0.1) is 6.42 Å². The Morgan fingerprint density at radius 1 is 0.941 bits per heavy atom. The lowest BCUT2D eigenvalue weighted by Crippen LogP contribution is -2.10. The molecule has 0 aliphatic heterocycles. The van der Waals surface area contributed by atoms with Gasteiger partial charge in [-0.1, -0.05) is 40.5 Å². The minimum absolute atomic E-state index is 0.207. The van der Waals surface area contributed by atoms with E-state index in [1.54, 1.807) is 6.92 Å². The van der Waals surface area contributed by atoms with Gasteiger partial charge in [-0.25, -0.2) is 19.4 Å². The first-order chi connectivity index (χ1) is 7.85. The molecule has 0 rings (SSSR count). The maximum atomic E-state index is 11.1. The van der Waals surface area contributed by atoms with Crippen LogP contribution < -0.4 is 0 Å². The van der Waals surface area contributed by atoms with E-state index in [-0.39, 0.29) is 6.42 Å². The largest absolute Gasteiger partial charge is 0.355 e. The second kappa shape index (κ2) is 8.09. The molecule has 0 atom stereocenters. The zero-order chi connectivity index (χ0) is 13.3. The van der Waals surface area contributed by atoms with Gasteiger partial charge in [-0.2, -0.15) is 0 Å². The Hall–Kier alpha value is -1.06. The summed E-state index contributed by atoms with van der Waals surface area (Å²) < 4.78 is 0. The van der Waals surface area contributed by atoms with Crippen molar-refractivity contribution in [3.63, 3.8) is 0 Å². The summed E-state index contributed by atoms with van der Waals surface area (Å²) in [4.78, 5) is 30.5. The van der Waals surface area contributed by atoms with E-state index in [0.717, 1.165) is 25.7 Å². The van der Waals surface area contributed by atoms with Crippen LogP contribution in [-0.2, 0) is 19.4 Å². The van der Waals surface area contributed by atoms with Gasteiger partial charge in [0.25, 0.3) is 0 Å². The molecule has 0 aromatic carbocycles. The minimum Gasteiger partial charge on any atom is -0.247 e. The third-order valence-corrected chi connectivity index (χ3v) is 2.32. The van der Waals surface area contributed by atoms with Gasteiger partial charge in [-0.15, -0.1) is 0 Å². The molecule has 0 saturated carbocycles. The summed E-state index contributed by atoms with van der Waals surface area (Å²) in [5, 5.41) is 0. The van der Waals surface area contributed by atoms with Crippen LogP contribution in [0.25, 0.3) is 0 Å². The quantitative estimate of drug-likeness (QED) is 0.408. The molecular formula is C13H24O4. The molecule has 0 N–H and O–H groups in total. The second-order valence-electron chi connectivity index (χ2n) is 5.39. The van der Waals surface area contributed by atoms with Crippen LogP contribution in [0, 0.1) is 5.41 Å². The molecule has 0 aromatic rings. The van der Waals surface area contributed by atoms with E-state index < -0.39 is 11.9 Å². The summed E-state index contributed by atoms with van der Waals surface area (Å²) in [5.74, 6) is -0.992. The van der Waals surface area contributed by atoms with Crippen molar-refractivity contribution < 1.29 is 19.4 Å². The Morgan fingerprint density at radius 3 is 2.06 bits per heavy atom. The highest BCUT2D eigenvalue weighted by molar-refractivity contribution is 5.72. The summed E-state index contributed by atoms with van der Waals surface area (Å²) in [5.41, 5.74) is 0.344. The molecule has 4 nitrogen and oxygen atoms in total. The highest BCUT2D eigenvalue weighted by Crippen LogP contribution is 2.22. The number of unbranched alkanes of at least 4 members (excludes halogenated alkanes) is 2. The summed E-state index contributed by atoms with van der Waals surface area (Å²) in [7, 11) is 0. The Kier molecular flexibility index (Phi) is 7.59. The normalized spacial score (nSPS) is 11.1. The monoisotopic (exact) mass is 244 g/mol. The highest BCUT2D eigenvalue weighted by Gasteiger charge is 2.10. The molecule has 0 fully saturated rings. The SMILES string of the molecule is CCC(=O)OOC(=O)CCCCCC(C)(C)C. The van der Waals surface area contributed by atoms with E-state index >= 15 is 0 Å². The van der Waals surface area contributed by atoms with Gasteiger partial charge in [-0.3, -0.25) is 0 Å². The molecule has 4 heteroatoms. The van der Waals surface area contributed by atoms with Gasteiger partial charge >= 0.3 is 11.9 Å². The lowest BCUT2D eigenvalue weighted by Gasteiger charge is -2.17. The molecule has 0 aromatic heterocycles. The molecule has 0 unspecified atom stereocenters. The standard InChI is InChI=1S/C13H24O4/c1-5-11(14)16-17-12(15)9-7-6-8-10-13(2,3)4/h5-10H2,1-4H3. The first kappa shape index (κ1) is 15.9. The maximum absolute atomic E-state index is 11.1. The van der Waals surface area contributed by atoms with Crippen LogP contribution in [0.2, 0.25) is 0 Å². The molecule has 0 saturated heterocycles. The number of hydrogen-bond acceptors (Lipinski definition) is 4. The maximum Gasteiger partial charge on any atom is 0.355 e. The van der Waals surface area contributed by atoms with Crippen LogP contribution in [0.5, 0.6) is 0 Å². The molecule has 0 bridgehead atoms. The third kappa shape index (κ3) is 11.2. The van der Waals surface area contributed by atoms with Crippen LogP contribution in [0.4, 0.5) is 0 Å². The summed E-state index contributed by atoms with van der Waals surface area (Å²) >= 11 is 0. The molecular weight excluding hydrogens is 220 g/mol. The first-order valence-corrected chi connectivity index (χ1v) is 6.25. The smallest absolute Gasteiger partial charge is 0.247 e. The van der Waals surface area contributed by atoms with Crippen molar-refractivity contribution in [3.05, 3.63) is 0 Å². The molecule has 0 spiro atoms. The van der Waals surface area contributed by atoms with E-state index in [2.05, 4.69) is 30.5 Å². The molecule has 100 valence electrons. The summed E-state index contributed by atoms with van der Waals surface area (Å²) in [6.45, 7) is 8.24. The fourth-order valence-electron chi connectivity index (χ4n) is 1.29. The van der Waals surface area contributed by atoms with Crippen molar-refractivity contribution in [1.29, 1.82) is 0 Å². The zero-order valence-corrected chi connectivity index (χ0v) is 11.4. The van der Waals surface area contributed by atoms with Crippen LogP contribution >= 0.6 is 0 Å². The van der Waals surface area contributed by atoms with Crippen LogP contribution in [0.3, 0.4) is 0 Å². The Bertz CT molecular complexity index is 240. The van der Waals surface area contributed by atoms with Gasteiger partial charge in [0.1, 0.15) is 0 Å². The van der Waals surface area contributed by atoms with Crippen LogP contribution in [0.15, 0.2) is 0 Å². The average molecular weight is 244 g/mol. The van der Waals surface area contributed by atoms with E-state index in [9.17, 15) is 9.59 Å². The number of carbonyl (C=O) groups is 2. The van der Waals surface area contributed by atoms with Crippen LogP contribution in [0.1, 0.15) is 66.2 Å². The summed E-state index contributed by atoms with van der Waals surface area (Å²) in [6, 6.07) is 0. The van der Waals surface area contributed by atoms with Gasteiger partial charge in [-0.05, 0) is 18.3 Å². The Morgan fingerprint density at radius 2 is 1.53 bits per heavy atom. The van der Waals surface area contributed by atoms with Crippen molar-refractivity contribution in [2.24, 2.45) is 5.41 Å². The van der Waals surface area contributed by atoms with Crippen molar-refractivity contribution in [3.8, 4) is 0 Å². The zero-order valence-electron chi connectivity index (χ0n) is 11.4. The van der Waals surface area contributed by atoms with Crippen molar-refractivity contribution in [1.82, 2.24) is 0 Å². The fraction of sp³-hybridized carbons (Fsp3) is 0.846. The average Bonchev–Trinajstić information content (AvgIpc) is 2.23. The lowest BCUT2D eigenvalue weighted by molar-refractivity contribution is -0.258. The first-order valence-electron chi connectivity index (χ1n) is 6.25. The minimum atomic E-state index is -0.522. The van der Waals surface area contributed by atoms with Crippen molar-refractivity contribution in [2.75, 3.05) is 0 Å². The predicted octanol–water partition coefficient (Wildman–Crippen LogP) is 3.39. The molecule has 0 amide bonds. The Labute approximate surface area is 104 Å². The van der Waals surface area contributed by atoms with Crippen molar-refractivity contribution >= 4 is 11.9 Å². The van der Waals surface area contributed by atoms with E-state index in [0.29, 0.717) is 11.8 Å². The number of rotatable bonds is 6. The molecule has 0 aliphatic rings. The third-order valence-electron chi connectivity index (χ3n) is 2.32. The van der Waals surface area contributed by atoms with E-state index in [4.69, 9.17) is 0 Å². The molecule has 0 radical (unpaired) electrons. The molecule has 0 heterocycles. The van der Waals surface area contributed by atoms with Gasteiger partial charge < -0.3 is 0 Å².